The molecule has 2 saturated heterocycles. The topological polar surface area (TPSA) is 63.6 Å². The molecule has 3 aliphatic heterocycles. The lowest BCUT2D eigenvalue weighted by Gasteiger charge is -2.34. The summed E-state index contributed by atoms with van der Waals surface area (Å²) in [7, 11) is 0. The number of carbonyl (C=O) groups excluding carboxylic acids is 1. The molecule has 0 radical (unpaired) electrons. The second kappa shape index (κ2) is 4.09. The van der Waals surface area contributed by atoms with Gasteiger partial charge in [0.1, 0.15) is 11.9 Å². The SMILES string of the molecule is O=C1c2cc(=O)ccn2NC2CC3(CCCCO3)CN12. The predicted molar refractivity (Wildman–Crippen MR) is 72.0 cm³/mol. The molecule has 4 heterocycles. The zero-order chi connectivity index (χ0) is 13.7. The number of aromatic nitrogens is 1. The summed E-state index contributed by atoms with van der Waals surface area (Å²) in [5, 5.41) is 0. The van der Waals surface area contributed by atoms with Crippen LogP contribution in [0.1, 0.15) is 36.2 Å². The molecule has 1 aromatic rings. The molecule has 1 spiro atoms. The fourth-order valence-corrected chi connectivity index (χ4v) is 3.54. The van der Waals surface area contributed by atoms with Crippen LogP contribution in [0.5, 0.6) is 0 Å². The molecule has 0 aromatic carbocycles. The predicted octanol–water partition coefficient (Wildman–Crippen LogP) is 0.517. The molecule has 20 heavy (non-hydrogen) atoms. The maximum Gasteiger partial charge on any atom is 0.274 e. The Morgan fingerprint density at radius 2 is 2.25 bits per heavy atom. The van der Waals surface area contributed by atoms with Crippen LogP contribution >= 0.6 is 0 Å². The zero-order valence-electron chi connectivity index (χ0n) is 11.2. The highest BCUT2D eigenvalue weighted by Crippen LogP contribution is 2.38. The number of carbonyl (C=O) groups is 1. The highest BCUT2D eigenvalue weighted by Gasteiger charge is 2.49. The van der Waals surface area contributed by atoms with Crippen LogP contribution < -0.4 is 10.9 Å². The standard InChI is InChI=1S/C14H17N3O3/c18-10-3-5-17-11(7-10)13(19)16-9-14(8-12(16)15-17)4-1-2-6-20-14/h3,5,7,12,15H,1-2,4,6,8-9H2. The van der Waals surface area contributed by atoms with Crippen LogP contribution in [0.25, 0.3) is 0 Å². The fourth-order valence-electron chi connectivity index (χ4n) is 3.54. The van der Waals surface area contributed by atoms with E-state index in [1.54, 1.807) is 15.8 Å². The minimum Gasteiger partial charge on any atom is -0.373 e. The van der Waals surface area contributed by atoms with Gasteiger partial charge in [-0.1, -0.05) is 0 Å². The Morgan fingerprint density at radius 3 is 3.05 bits per heavy atom. The zero-order valence-corrected chi connectivity index (χ0v) is 11.2. The van der Waals surface area contributed by atoms with Crippen molar-refractivity contribution in [3.8, 4) is 0 Å². The van der Waals surface area contributed by atoms with Gasteiger partial charge in [0.2, 0.25) is 0 Å². The molecule has 1 N–H and O–H groups in total. The molecule has 3 aliphatic rings. The van der Waals surface area contributed by atoms with Gasteiger partial charge < -0.3 is 15.1 Å². The minimum atomic E-state index is -0.200. The van der Waals surface area contributed by atoms with Crippen LogP contribution in [0.4, 0.5) is 0 Å². The van der Waals surface area contributed by atoms with Crippen molar-refractivity contribution in [2.75, 3.05) is 18.6 Å². The summed E-state index contributed by atoms with van der Waals surface area (Å²) in [6.07, 6.45) is 5.64. The Labute approximate surface area is 116 Å². The first-order valence-corrected chi connectivity index (χ1v) is 7.11. The number of rotatable bonds is 0. The van der Waals surface area contributed by atoms with Gasteiger partial charge in [0.15, 0.2) is 5.43 Å². The summed E-state index contributed by atoms with van der Waals surface area (Å²) in [5.74, 6) is -0.0856. The van der Waals surface area contributed by atoms with E-state index in [2.05, 4.69) is 5.43 Å². The largest absolute Gasteiger partial charge is 0.373 e. The van der Waals surface area contributed by atoms with Crippen molar-refractivity contribution >= 4 is 5.91 Å². The maximum absolute atomic E-state index is 12.5. The van der Waals surface area contributed by atoms with Gasteiger partial charge in [0, 0.05) is 31.4 Å². The van der Waals surface area contributed by atoms with Crippen molar-refractivity contribution in [2.24, 2.45) is 0 Å². The van der Waals surface area contributed by atoms with E-state index in [4.69, 9.17) is 4.74 Å². The summed E-state index contributed by atoms with van der Waals surface area (Å²) in [6, 6.07) is 2.85. The molecule has 2 fully saturated rings. The Morgan fingerprint density at radius 1 is 1.35 bits per heavy atom. The minimum absolute atomic E-state index is 0.0457. The van der Waals surface area contributed by atoms with Crippen LogP contribution in [0.3, 0.4) is 0 Å². The van der Waals surface area contributed by atoms with Crippen molar-refractivity contribution in [1.82, 2.24) is 9.58 Å². The van der Waals surface area contributed by atoms with Crippen LogP contribution in [-0.2, 0) is 4.74 Å². The number of ether oxygens (including phenoxy) is 1. The molecule has 6 heteroatoms. The molecule has 2 unspecified atom stereocenters. The smallest absolute Gasteiger partial charge is 0.274 e. The number of fused-ring (bicyclic) bond motifs is 2. The second-order valence-corrected chi connectivity index (χ2v) is 5.89. The van der Waals surface area contributed by atoms with Crippen molar-refractivity contribution < 1.29 is 9.53 Å². The average Bonchev–Trinajstić information content (AvgIpc) is 2.79. The van der Waals surface area contributed by atoms with E-state index in [0.29, 0.717) is 12.2 Å². The summed E-state index contributed by atoms with van der Waals surface area (Å²) < 4.78 is 7.64. The maximum atomic E-state index is 12.5. The molecular formula is C14H17N3O3. The number of nitrogens with one attached hydrogen (secondary N) is 1. The average molecular weight is 275 g/mol. The summed E-state index contributed by atoms with van der Waals surface area (Å²) in [5.41, 5.74) is 3.35. The Bertz CT molecular complexity index is 618. The monoisotopic (exact) mass is 275 g/mol. The Balaban J connectivity index is 1.68. The van der Waals surface area contributed by atoms with Crippen molar-refractivity contribution in [3.63, 3.8) is 0 Å². The molecule has 6 nitrogen and oxygen atoms in total. The van der Waals surface area contributed by atoms with Gasteiger partial charge in [-0.2, -0.15) is 0 Å². The molecule has 0 bridgehead atoms. The number of pyridine rings is 1. The lowest BCUT2D eigenvalue weighted by molar-refractivity contribution is -0.0685. The molecule has 1 aromatic heterocycles. The molecule has 0 aliphatic carbocycles. The third-order valence-electron chi connectivity index (χ3n) is 4.53. The molecule has 2 atom stereocenters. The van der Waals surface area contributed by atoms with Crippen molar-refractivity contribution in [1.29, 1.82) is 0 Å². The summed E-state index contributed by atoms with van der Waals surface area (Å²) in [4.78, 5) is 25.8. The first-order valence-electron chi connectivity index (χ1n) is 7.11. The Hall–Kier alpha value is -1.82. The van der Waals surface area contributed by atoms with E-state index in [1.807, 2.05) is 0 Å². The second-order valence-electron chi connectivity index (χ2n) is 5.89. The normalized spacial score (nSPS) is 31.9. The molecule has 4 rings (SSSR count). The van der Waals surface area contributed by atoms with E-state index in [-0.39, 0.29) is 23.1 Å². The number of nitrogens with zero attached hydrogens (tertiary/aromatic N) is 2. The van der Waals surface area contributed by atoms with Crippen LogP contribution in [0.2, 0.25) is 0 Å². The number of hydrogen-bond acceptors (Lipinski definition) is 4. The fraction of sp³-hybridized carbons (Fsp3) is 0.571. The van der Waals surface area contributed by atoms with Gasteiger partial charge in [0.25, 0.3) is 5.91 Å². The lowest BCUT2D eigenvalue weighted by Crippen LogP contribution is -2.50. The van der Waals surface area contributed by atoms with E-state index < -0.39 is 0 Å². The molecule has 0 saturated carbocycles. The number of hydrogen-bond donors (Lipinski definition) is 1. The summed E-state index contributed by atoms with van der Waals surface area (Å²) in [6.45, 7) is 1.39. The van der Waals surface area contributed by atoms with E-state index in [0.717, 1.165) is 32.3 Å². The van der Waals surface area contributed by atoms with Crippen LogP contribution in [-0.4, -0.2) is 40.4 Å². The van der Waals surface area contributed by atoms with Gasteiger partial charge in [-0.15, -0.1) is 0 Å². The highest BCUT2D eigenvalue weighted by atomic mass is 16.5. The highest BCUT2D eigenvalue weighted by molar-refractivity contribution is 5.94. The molecule has 1 amide bonds. The molecule has 106 valence electrons. The van der Waals surface area contributed by atoms with Gasteiger partial charge >= 0.3 is 0 Å². The third kappa shape index (κ3) is 1.67. The summed E-state index contributed by atoms with van der Waals surface area (Å²) >= 11 is 0. The van der Waals surface area contributed by atoms with E-state index in [1.165, 1.54) is 12.1 Å². The van der Waals surface area contributed by atoms with Crippen LogP contribution in [0.15, 0.2) is 23.1 Å². The molecular weight excluding hydrogens is 258 g/mol. The van der Waals surface area contributed by atoms with E-state index >= 15 is 0 Å². The Kier molecular flexibility index (Phi) is 2.44. The van der Waals surface area contributed by atoms with Crippen molar-refractivity contribution in [2.45, 2.75) is 37.5 Å². The van der Waals surface area contributed by atoms with Gasteiger partial charge in [-0.25, -0.2) is 0 Å². The lowest BCUT2D eigenvalue weighted by atomic mass is 9.92. The number of amides is 1. The third-order valence-corrected chi connectivity index (χ3v) is 4.53. The van der Waals surface area contributed by atoms with Gasteiger partial charge in [-0.3, -0.25) is 14.3 Å². The first-order chi connectivity index (χ1) is 9.67. The van der Waals surface area contributed by atoms with Gasteiger partial charge in [-0.05, 0) is 19.3 Å². The van der Waals surface area contributed by atoms with Crippen molar-refractivity contribution in [3.05, 3.63) is 34.2 Å². The quantitative estimate of drug-likeness (QED) is 0.749. The first kappa shape index (κ1) is 12.0. The van der Waals surface area contributed by atoms with E-state index in [9.17, 15) is 9.59 Å². The van der Waals surface area contributed by atoms with Crippen LogP contribution in [0, 0.1) is 0 Å². The van der Waals surface area contributed by atoms with Gasteiger partial charge in [0.05, 0.1) is 12.1 Å².